The quantitative estimate of drug-likeness (QED) is 0.685. The average molecular weight is 322 g/mol. The van der Waals surface area contributed by atoms with Crippen molar-refractivity contribution in [3.63, 3.8) is 0 Å². The number of aliphatic hydroxyl groups is 1. The summed E-state index contributed by atoms with van der Waals surface area (Å²) < 4.78 is 0. The number of nitrogens with zero attached hydrogens (tertiary/aromatic N) is 1. The van der Waals surface area contributed by atoms with E-state index in [-0.39, 0.29) is 11.9 Å². The summed E-state index contributed by atoms with van der Waals surface area (Å²) in [6.07, 6.45) is 3.51. The highest BCUT2D eigenvalue weighted by Gasteiger charge is 2.07. The molecular formula is C16H20ClN3O2. The molecule has 118 valence electrons. The Labute approximate surface area is 134 Å². The van der Waals surface area contributed by atoms with E-state index in [9.17, 15) is 4.79 Å². The lowest BCUT2D eigenvalue weighted by Gasteiger charge is -2.17. The number of rotatable bonds is 7. The largest absolute Gasteiger partial charge is 0.387 e. The van der Waals surface area contributed by atoms with E-state index in [1.807, 2.05) is 24.3 Å². The second-order valence-electron chi connectivity index (χ2n) is 5.22. The zero-order valence-electron chi connectivity index (χ0n) is 12.5. The van der Waals surface area contributed by atoms with Gasteiger partial charge in [-0.15, -0.1) is 0 Å². The lowest BCUT2D eigenvalue weighted by molar-refractivity contribution is -0.123. The van der Waals surface area contributed by atoms with Crippen molar-refractivity contribution in [3.8, 4) is 0 Å². The predicted octanol–water partition coefficient (Wildman–Crippen LogP) is 2.58. The Balaban J connectivity index is 1.91. The van der Waals surface area contributed by atoms with Crippen LogP contribution in [0.1, 0.15) is 19.8 Å². The van der Waals surface area contributed by atoms with Crippen LogP contribution in [0.25, 0.3) is 10.9 Å². The second kappa shape index (κ2) is 7.96. The fraction of sp³-hybridized carbons (Fsp3) is 0.375. The van der Waals surface area contributed by atoms with Crippen LogP contribution in [0.2, 0.25) is 5.02 Å². The Morgan fingerprint density at radius 2 is 2.23 bits per heavy atom. The molecule has 0 saturated carbocycles. The number of halogens is 1. The number of hydrogen-bond acceptors (Lipinski definition) is 4. The number of nitrogens with one attached hydrogen (secondary N) is 2. The summed E-state index contributed by atoms with van der Waals surface area (Å²) in [6, 6.07) is 7.86. The van der Waals surface area contributed by atoms with Gasteiger partial charge in [0.15, 0.2) is 0 Å². The van der Waals surface area contributed by atoms with Gasteiger partial charge in [0.05, 0.1) is 5.52 Å². The summed E-state index contributed by atoms with van der Waals surface area (Å²) in [7, 11) is 0. The van der Waals surface area contributed by atoms with Gasteiger partial charge in [0.1, 0.15) is 6.61 Å². The Morgan fingerprint density at radius 3 is 3.00 bits per heavy atom. The fourth-order valence-corrected chi connectivity index (χ4v) is 2.44. The molecule has 6 heteroatoms. The van der Waals surface area contributed by atoms with Crippen LogP contribution in [0.3, 0.4) is 0 Å². The third-order valence-electron chi connectivity index (χ3n) is 3.39. The van der Waals surface area contributed by atoms with Crippen molar-refractivity contribution in [2.75, 3.05) is 18.5 Å². The van der Waals surface area contributed by atoms with Gasteiger partial charge in [0.2, 0.25) is 5.91 Å². The van der Waals surface area contributed by atoms with Crippen LogP contribution in [0.5, 0.6) is 0 Å². The zero-order valence-corrected chi connectivity index (χ0v) is 13.2. The summed E-state index contributed by atoms with van der Waals surface area (Å²) in [5.41, 5.74) is 1.88. The van der Waals surface area contributed by atoms with Gasteiger partial charge in [-0.05, 0) is 44.0 Å². The number of hydrogen-bond donors (Lipinski definition) is 3. The van der Waals surface area contributed by atoms with Crippen molar-refractivity contribution in [3.05, 3.63) is 35.5 Å². The van der Waals surface area contributed by atoms with Crippen LogP contribution in [0, 0.1) is 0 Å². The molecule has 0 spiro atoms. The van der Waals surface area contributed by atoms with E-state index in [0.29, 0.717) is 11.6 Å². The molecule has 3 N–H and O–H groups in total. The molecule has 1 aromatic heterocycles. The van der Waals surface area contributed by atoms with Crippen molar-refractivity contribution >= 4 is 34.1 Å². The van der Waals surface area contributed by atoms with Gasteiger partial charge >= 0.3 is 0 Å². The maximum Gasteiger partial charge on any atom is 0.245 e. The van der Waals surface area contributed by atoms with E-state index in [1.54, 1.807) is 6.20 Å². The Hall–Kier alpha value is -1.85. The van der Waals surface area contributed by atoms with E-state index in [1.165, 1.54) is 0 Å². The van der Waals surface area contributed by atoms with E-state index in [2.05, 4.69) is 22.5 Å². The first kappa shape index (κ1) is 16.5. The number of fused-ring (bicyclic) bond motifs is 1. The summed E-state index contributed by atoms with van der Waals surface area (Å²) in [5.74, 6) is -0.336. The minimum atomic E-state index is -0.459. The van der Waals surface area contributed by atoms with Gasteiger partial charge < -0.3 is 15.7 Å². The third kappa shape index (κ3) is 4.58. The summed E-state index contributed by atoms with van der Waals surface area (Å²) >= 11 is 5.99. The van der Waals surface area contributed by atoms with E-state index in [4.69, 9.17) is 16.7 Å². The molecule has 1 amide bonds. The predicted molar refractivity (Wildman–Crippen MR) is 89.2 cm³/mol. The van der Waals surface area contributed by atoms with Crippen molar-refractivity contribution in [2.45, 2.75) is 25.8 Å². The maximum atomic E-state index is 10.9. The van der Waals surface area contributed by atoms with Gasteiger partial charge in [-0.25, -0.2) is 0 Å². The van der Waals surface area contributed by atoms with Crippen molar-refractivity contribution in [1.82, 2.24) is 10.3 Å². The monoisotopic (exact) mass is 321 g/mol. The molecule has 0 saturated heterocycles. The molecule has 22 heavy (non-hydrogen) atoms. The molecule has 1 atom stereocenters. The number of pyridine rings is 1. The number of benzene rings is 1. The number of amides is 1. The molecule has 5 nitrogen and oxygen atoms in total. The molecule has 1 heterocycles. The number of carbonyl (C=O) groups is 1. The number of aromatic nitrogens is 1. The minimum Gasteiger partial charge on any atom is -0.387 e. The summed E-state index contributed by atoms with van der Waals surface area (Å²) in [5, 5.41) is 16.4. The molecule has 0 bridgehead atoms. The molecule has 0 radical (unpaired) electrons. The smallest absolute Gasteiger partial charge is 0.245 e. The maximum absolute atomic E-state index is 10.9. The summed E-state index contributed by atoms with van der Waals surface area (Å²) in [6.45, 7) is 2.20. The molecular weight excluding hydrogens is 302 g/mol. The van der Waals surface area contributed by atoms with Crippen LogP contribution in [0.15, 0.2) is 30.5 Å². The highest BCUT2D eigenvalue weighted by molar-refractivity contribution is 6.31. The van der Waals surface area contributed by atoms with Gasteiger partial charge in [-0.3, -0.25) is 9.78 Å². The second-order valence-corrected chi connectivity index (χ2v) is 5.65. The molecule has 1 aromatic carbocycles. The van der Waals surface area contributed by atoms with E-state index in [0.717, 1.165) is 29.4 Å². The average Bonchev–Trinajstić information content (AvgIpc) is 2.51. The number of aliphatic hydroxyl groups excluding tert-OH is 1. The molecule has 0 fully saturated rings. The normalized spacial score (nSPS) is 12.1. The van der Waals surface area contributed by atoms with Crippen LogP contribution in [-0.4, -0.2) is 35.2 Å². The lowest BCUT2D eigenvalue weighted by Crippen LogP contribution is -2.28. The molecule has 0 aliphatic rings. The number of carbonyl (C=O) groups excluding carboxylic acids is 1. The topological polar surface area (TPSA) is 74.2 Å². The van der Waals surface area contributed by atoms with Gasteiger partial charge in [-0.1, -0.05) is 11.6 Å². The van der Waals surface area contributed by atoms with Crippen LogP contribution < -0.4 is 10.6 Å². The first-order valence-corrected chi connectivity index (χ1v) is 7.66. The molecule has 0 aliphatic heterocycles. The molecule has 0 unspecified atom stereocenters. The Kier molecular flexibility index (Phi) is 5.98. The highest BCUT2D eigenvalue weighted by Crippen LogP contribution is 2.25. The van der Waals surface area contributed by atoms with Gasteiger partial charge in [0.25, 0.3) is 0 Å². The molecule has 2 rings (SSSR count). The van der Waals surface area contributed by atoms with E-state index < -0.39 is 6.61 Å². The summed E-state index contributed by atoms with van der Waals surface area (Å²) in [4.78, 5) is 15.2. The number of anilines is 1. The van der Waals surface area contributed by atoms with Crippen molar-refractivity contribution in [2.24, 2.45) is 0 Å². The van der Waals surface area contributed by atoms with Crippen molar-refractivity contribution < 1.29 is 9.90 Å². The van der Waals surface area contributed by atoms with Crippen LogP contribution >= 0.6 is 11.6 Å². The Morgan fingerprint density at radius 1 is 1.41 bits per heavy atom. The molecule has 2 aromatic rings. The third-order valence-corrected chi connectivity index (χ3v) is 3.62. The standard InChI is InChI=1S/C16H20ClN3O2/c1-11(3-2-7-19-16(22)10-21)20-14-6-8-18-15-9-12(17)4-5-13(14)15/h4-6,8-9,11,21H,2-3,7,10H2,1H3,(H,18,20)(H,19,22)/t11-/m1/s1. The van der Waals surface area contributed by atoms with Crippen molar-refractivity contribution in [1.29, 1.82) is 0 Å². The lowest BCUT2D eigenvalue weighted by atomic mass is 10.1. The zero-order chi connectivity index (χ0) is 15.9. The Bertz CT molecular complexity index is 648. The van der Waals surface area contributed by atoms with Crippen LogP contribution in [0.4, 0.5) is 5.69 Å². The minimum absolute atomic E-state index is 0.257. The highest BCUT2D eigenvalue weighted by atomic mass is 35.5. The first-order valence-electron chi connectivity index (χ1n) is 7.28. The van der Waals surface area contributed by atoms with Crippen LogP contribution in [-0.2, 0) is 4.79 Å². The molecule has 0 aliphatic carbocycles. The first-order chi connectivity index (χ1) is 10.6. The van der Waals surface area contributed by atoms with E-state index >= 15 is 0 Å². The fourth-order valence-electron chi connectivity index (χ4n) is 2.28. The van der Waals surface area contributed by atoms with Gasteiger partial charge in [0, 0.05) is 34.9 Å². The SMILES string of the molecule is C[C@H](CCCNC(=O)CO)Nc1ccnc2cc(Cl)ccc12. The van der Waals surface area contributed by atoms with Gasteiger partial charge in [-0.2, -0.15) is 0 Å².